The summed E-state index contributed by atoms with van der Waals surface area (Å²) in [6.45, 7) is 3.28. The van der Waals surface area contributed by atoms with Gasteiger partial charge < -0.3 is 14.9 Å². The predicted molar refractivity (Wildman–Crippen MR) is 88.3 cm³/mol. The van der Waals surface area contributed by atoms with Crippen LogP contribution in [0.2, 0.25) is 0 Å². The zero-order chi connectivity index (χ0) is 15.4. The molecule has 0 saturated heterocycles. The minimum absolute atomic E-state index is 0.619. The fourth-order valence-electron chi connectivity index (χ4n) is 2.68. The first-order valence-corrected chi connectivity index (χ1v) is 7.63. The van der Waals surface area contributed by atoms with Crippen molar-refractivity contribution in [3.05, 3.63) is 65.6 Å². The molecule has 0 spiro atoms. The lowest BCUT2D eigenvalue weighted by molar-refractivity contribution is 0.324. The highest BCUT2D eigenvalue weighted by Crippen LogP contribution is 2.22. The molecule has 4 heteroatoms. The van der Waals surface area contributed by atoms with Crippen LogP contribution in [0.1, 0.15) is 17.0 Å². The van der Waals surface area contributed by atoms with Gasteiger partial charge in [0.2, 0.25) is 0 Å². The second kappa shape index (κ2) is 6.62. The Kier molecular flexibility index (Phi) is 4.39. The number of ether oxygens (including phenoxy) is 1. The molecule has 0 aliphatic heterocycles. The summed E-state index contributed by atoms with van der Waals surface area (Å²) in [5.41, 5.74) is 10.0. The summed E-state index contributed by atoms with van der Waals surface area (Å²) in [5.74, 6) is 0.824. The lowest BCUT2D eigenvalue weighted by Crippen LogP contribution is -2.06. The average molecular weight is 295 g/mol. The number of nitrogens with two attached hydrogens (primary N) is 1. The third-order valence-electron chi connectivity index (χ3n) is 3.79. The fraction of sp³-hybridized carbons (Fsp3) is 0.278. The van der Waals surface area contributed by atoms with Gasteiger partial charge in [-0.1, -0.05) is 30.3 Å². The van der Waals surface area contributed by atoms with Crippen LogP contribution in [-0.4, -0.2) is 22.5 Å². The summed E-state index contributed by atoms with van der Waals surface area (Å²) in [6, 6.07) is 14.3. The van der Waals surface area contributed by atoms with E-state index in [0.29, 0.717) is 13.2 Å². The summed E-state index contributed by atoms with van der Waals surface area (Å²) < 4.78 is 8.04. The third kappa shape index (κ3) is 2.97. The first-order valence-electron chi connectivity index (χ1n) is 7.63. The molecule has 114 valence electrons. The standard InChI is InChI=1S/C18H21N3O/c1-14-16(9-11-19)21-12-5-8-17(18(21)20-14)22-13-10-15-6-3-2-4-7-15/h2-8,12H,9-11,13,19H2,1H3. The molecule has 22 heavy (non-hydrogen) atoms. The SMILES string of the molecule is Cc1nc2c(OCCc3ccccc3)cccn2c1CCN. The topological polar surface area (TPSA) is 52.5 Å². The molecule has 2 heterocycles. The van der Waals surface area contributed by atoms with Gasteiger partial charge in [-0.2, -0.15) is 0 Å². The number of hydrogen-bond acceptors (Lipinski definition) is 3. The van der Waals surface area contributed by atoms with Crippen molar-refractivity contribution in [2.75, 3.05) is 13.2 Å². The van der Waals surface area contributed by atoms with E-state index in [1.165, 1.54) is 5.56 Å². The minimum atomic E-state index is 0.619. The fourth-order valence-corrected chi connectivity index (χ4v) is 2.68. The normalized spacial score (nSPS) is 11.0. The maximum atomic E-state index is 5.96. The highest BCUT2D eigenvalue weighted by atomic mass is 16.5. The van der Waals surface area contributed by atoms with Gasteiger partial charge in [0.05, 0.1) is 12.3 Å². The molecule has 2 N–H and O–H groups in total. The number of fused-ring (bicyclic) bond motifs is 1. The maximum Gasteiger partial charge on any atom is 0.180 e. The zero-order valence-electron chi connectivity index (χ0n) is 12.8. The van der Waals surface area contributed by atoms with Crippen molar-refractivity contribution < 1.29 is 4.74 Å². The lowest BCUT2D eigenvalue weighted by atomic mass is 10.2. The summed E-state index contributed by atoms with van der Waals surface area (Å²) >= 11 is 0. The molecule has 4 nitrogen and oxygen atoms in total. The number of rotatable bonds is 6. The molecule has 0 aliphatic carbocycles. The number of aromatic nitrogens is 2. The van der Waals surface area contributed by atoms with Gasteiger partial charge in [-0.3, -0.25) is 0 Å². The van der Waals surface area contributed by atoms with E-state index in [0.717, 1.165) is 35.6 Å². The van der Waals surface area contributed by atoms with Crippen LogP contribution in [-0.2, 0) is 12.8 Å². The van der Waals surface area contributed by atoms with Crippen molar-refractivity contribution in [1.29, 1.82) is 0 Å². The summed E-state index contributed by atoms with van der Waals surface area (Å²) in [4.78, 5) is 4.64. The number of benzene rings is 1. The Morgan fingerprint density at radius 3 is 2.68 bits per heavy atom. The van der Waals surface area contributed by atoms with Crippen LogP contribution in [0, 0.1) is 6.92 Å². The van der Waals surface area contributed by atoms with Crippen LogP contribution in [0.3, 0.4) is 0 Å². The van der Waals surface area contributed by atoms with Crippen molar-refractivity contribution in [2.24, 2.45) is 5.73 Å². The van der Waals surface area contributed by atoms with Gasteiger partial charge >= 0.3 is 0 Å². The first kappa shape index (κ1) is 14.6. The molecule has 0 fully saturated rings. The van der Waals surface area contributed by atoms with E-state index in [1.807, 2.05) is 43.5 Å². The molecule has 0 radical (unpaired) electrons. The Bertz CT molecular complexity index is 750. The van der Waals surface area contributed by atoms with Crippen molar-refractivity contribution in [1.82, 2.24) is 9.38 Å². The molecular weight excluding hydrogens is 274 g/mol. The molecule has 1 aromatic carbocycles. The molecular formula is C18H21N3O. The van der Waals surface area contributed by atoms with E-state index in [-0.39, 0.29) is 0 Å². The van der Waals surface area contributed by atoms with E-state index in [2.05, 4.69) is 21.5 Å². The smallest absolute Gasteiger partial charge is 0.180 e. The highest BCUT2D eigenvalue weighted by Gasteiger charge is 2.11. The van der Waals surface area contributed by atoms with Gasteiger partial charge in [0.1, 0.15) is 0 Å². The number of pyridine rings is 1. The largest absolute Gasteiger partial charge is 0.489 e. The monoisotopic (exact) mass is 295 g/mol. The Morgan fingerprint density at radius 2 is 1.91 bits per heavy atom. The van der Waals surface area contributed by atoms with E-state index in [9.17, 15) is 0 Å². The van der Waals surface area contributed by atoms with Crippen LogP contribution in [0.5, 0.6) is 5.75 Å². The maximum absolute atomic E-state index is 5.96. The van der Waals surface area contributed by atoms with Crippen molar-refractivity contribution in [3.63, 3.8) is 0 Å². The van der Waals surface area contributed by atoms with Crippen LogP contribution < -0.4 is 10.5 Å². The number of hydrogen-bond donors (Lipinski definition) is 1. The van der Waals surface area contributed by atoms with Gasteiger partial charge in [0, 0.05) is 24.7 Å². The average Bonchev–Trinajstić information content (AvgIpc) is 2.86. The van der Waals surface area contributed by atoms with Gasteiger partial charge in [0.15, 0.2) is 11.4 Å². The van der Waals surface area contributed by atoms with Crippen LogP contribution >= 0.6 is 0 Å². The molecule has 0 atom stereocenters. The summed E-state index contributed by atoms with van der Waals surface area (Å²) in [6.07, 6.45) is 3.72. The molecule has 2 aromatic heterocycles. The van der Waals surface area contributed by atoms with Crippen LogP contribution in [0.4, 0.5) is 0 Å². The molecule has 3 aromatic rings. The minimum Gasteiger partial charge on any atom is -0.489 e. The first-order chi connectivity index (χ1) is 10.8. The van der Waals surface area contributed by atoms with Gasteiger partial charge in [-0.15, -0.1) is 0 Å². The second-order valence-electron chi connectivity index (χ2n) is 5.33. The molecule has 0 bridgehead atoms. The zero-order valence-corrected chi connectivity index (χ0v) is 12.8. The van der Waals surface area contributed by atoms with E-state index in [1.54, 1.807) is 0 Å². The van der Waals surface area contributed by atoms with Crippen molar-refractivity contribution >= 4 is 5.65 Å². The highest BCUT2D eigenvalue weighted by molar-refractivity contribution is 5.56. The van der Waals surface area contributed by atoms with E-state index >= 15 is 0 Å². The van der Waals surface area contributed by atoms with Crippen molar-refractivity contribution in [2.45, 2.75) is 19.8 Å². The van der Waals surface area contributed by atoms with Gasteiger partial charge in [0.25, 0.3) is 0 Å². The summed E-state index contributed by atoms with van der Waals surface area (Å²) in [5, 5.41) is 0. The number of nitrogens with zero attached hydrogens (tertiary/aromatic N) is 2. The molecule has 3 rings (SSSR count). The molecule has 0 saturated carbocycles. The third-order valence-corrected chi connectivity index (χ3v) is 3.79. The Morgan fingerprint density at radius 1 is 1.09 bits per heavy atom. The quantitative estimate of drug-likeness (QED) is 0.761. The Labute approximate surface area is 130 Å². The van der Waals surface area contributed by atoms with Crippen molar-refractivity contribution in [3.8, 4) is 5.75 Å². The Hall–Kier alpha value is -2.33. The van der Waals surface area contributed by atoms with E-state index in [4.69, 9.17) is 10.5 Å². The summed E-state index contributed by atoms with van der Waals surface area (Å²) in [7, 11) is 0. The van der Waals surface area contributed by atoms with Gasteiger partial charge in [-0.25, -0.2) is 4.98 Å². The number of imidazole rings is 1. The number of aryl methyl sites for hydroxylation is 1. The Balaban J connectivity index is 1.78. The van der Waals surface area contributed by atoms with Crippen LogP contribution in [0.25, 0.3) is 5.65 Å². The van der Waals surface area contributed by atoms with Gasteiger partial charge in [-0.05, 0) is 31.2 Å². The molecule has 0 amide bonds. The molecule has 0 aliphatic rings. The predicted octanol–water partition coefficient (Wildman–Crippen LogP) is 2.77. The van der Waals surface area contributed by atoms with Crippen LogP contribution in [0.15, 0.2) is 48.7 Å². The molecule has 0 unspecified atom stereocenters. The second-order valence-corrected chi connectivity index (χ2v) is 5.33. The lowest BCUT2D eigenvalue weighted by Gasteiger charge is -2.08. The van der Waals surface area contributed by atoms with E-state index < -0.39 is 0 Å².